The summed E-state index contributed by atoms with van der Waals surface area (Å²) in [6.07, 6.45) is 5.56. The summed E-state index contributed by atoms with van der Waals surface area (Å²) in [5.74, 6) is 0.547. The van der Waals surface area contributed by atoms with Crippen LogP contribution in [0, 0.1) is 6.92 Å². The van der Waals surface area contributed by atoms with E-state index in [1.54, 1.807) is 35.0 Å². The minimum absolute atomic E-state index is 0.177. The van der Waals surface area contributed by atoms with E-state index in [4.69, 9.17) is 16.3 Å². The minimum atomic E-state index is -0.177. The van der Waals surface area contributed by atoms with Gasteiger partial charge in [-0.05, 0) is 48.9 Å². The molecule has 0 bridgehead atoms. The predicted molar refractivity (Wildman–Crippen MR) is 110 cm³/mol. The van der Waals surface area contributed by atoms with Crippen molar-refractivity contribution in [1.29, 1.82) is 0 Å². The van der Waals surface area contributed by atoms with Gasteiger partial charge in [0.15, 0.2) is 12.4 Å². The predicted octanol–water partition coefficient (Wildman–Crippen LogP) is 3.80. The maximum Gasteiger partial charge on any atom is 0.274 e. The Morgan fingerprint density at radius 2 is 2.07 bits per heavy atom. The smallest absolute Gasteiger partial charge is 0.274 e. The number of aryl methyl sites for hydroxylation is 1. The first kappa shape index (κ1) is 19.0. The van der Waals surface area contributed by atoms with Crippen LogP contribution in [0.15, 0.2) is 61.1 Å². The highest BCUT2D eigenvalue weighted by Crippen LogP contribution is 2.22. The maximum atomic E-state index is 12.7. The number of carbonyl (C=O) groups is 1. The van der Waals surface area contributed by atoms with Crippen molar-refractivity contribution in [3.8, 4) is 5.75 Å². The highest BCUT2D eigenvalue weighted by molar-refractivity contribution is 6.30. The molecule has 0 aliphatic rings. The van der Waals surface area contributed by atoms with Crippen LogP contribution >= 0.6 is 11.6 Å². The van der Waals surface area contributed by atoms with Gasteiger partial charge in [-0.3, -0.25) is 4.79 Å². The Kier molecular flexibility index (Phi) is 5.22. The van der Waals surface area contributed by atoms with E-state index in [-0.39, 0.29) is 12.6 Å². The Bertz CT molecular complexity index is 1130. The van der Waals surface area contributed by atoms with Crippen molar-refractivity contribution in [2.24, 2.45) is 0 Å². The monoisotopic (exact) mass is 409 g/mol. The van der Waals surface area contributed by atoms with Gasteiger partial charge in [-0.2, -0.15) is 5.10 Å². The largest absolute Gasteiger partial charge is 0.471 e. The van der Waals surface area contributed by atoms with E-state index >= 15 is 0 Å². The molecule has 29 heavy (non-hydrogen) atoms. The average molecular weight is 410 g/mol. The van der Waals surface area contributed by atoms with E-state index < -0.39 is 0 Å². The number of fused-ring (bicyclic) bond motifs is 1. The fraction of sp³-hybridized carbons (Fsp3) is 0.190. The number of nitrogens with zero attached hydrogens (tertiary/aromatic N) is 5. The molecule has 0 aliphatic carbocycles. The molecule has 0 radical (unpaired) electrons. The third-order valence-electron chi connectivity index (χ3n) is 4.51. The summed E-state index contributed by atoms with van der Waals surface area (Å²) in [4.78, 5) is 18.8. The van der Waals surface area contributed by atoms with Gasteiger partial charge in [0.2, 0.25) is 0 Å². The van der Waals surface area contributed by atoms with Crippen LogP contribution in [0.2, 0.25) is 5.02 Å². The summed E-state index contributed by atoms with van der Waals surface area (Å²) in [6, 6.07) is 12.9. The molecule has 0 N–H and O–H groups in total. The zero-order valence-corrected chi connectivity index (χ0v) is 16.9. The molecular formula is C21H20ClN5O2. The van der Waals surface area contributed by atoms with Crippen LogP contribution in [0.25, 0.3) is 5.65 Å². The highest BCUT2D eigenvalue weighted by Gasteiger charge is 2.16. The van der Waals surface area contributed by atoms with Gasteiger partial charge in [0, 0.05) is 30.7 Å². The van der Waals surface area contributed by atoms with Gasteiger partial charge in [0.25, 0.3) is 5.91 Å². The number of halogens is 1. The normalized spacial score (nSPS) is 11.0. The van der Waals surface area contributed by atoms with Crippen LogP contribution in [0.3, 0.4) is 0 Å². The first-order valence-electron chi connectivity index (χ1n) is 9.10. The fourth-order valence-electron chi connectivity index (χ4n) is 3.03. The molecule has 0 saturated carbocycles. The molecule has 7 nitrogen and oxygen atoms in total. The second-order valence-electron chi connectivity index (χ2n) is 6.78. The second kappa shape index (κ2) is 7.97. The molecule has 4 rings (SSSR count). The molecule has 1 amide bonds. The lowest BCUT2D eigenvalue weighted by Crippen LogP contribution is -2.27. The van der Waals surface area contributed by atoms with Crippen LogP contribution in [-0.4, -0.2) is 37.0 Å². The molecule has 0 unspecified atom stereocenters. The van der Waals surface area contributed by atoms with Crippen LogP contribution < -0.4 is 4.74 Å². The topological polar surface area (TPSA) is 64.7 Å². The Labute approximate surface area is 173 Å². The van der Waals surface area contributed by atoms with Gasteiger partial charge in [-0.1, -0.05) is 17.7 Å². The molecule has 3 aromatic heterocycles. The average Bonchev–Trinajstić information content (AvgIpc) is 3.33. The lowest BCUT2D eigenvalue weighted by Gasteiger charge is -2.14. The molecule has 0 fully saturated rings. The van der Waals surface area contributed by atoms with E-state index in [0.717, 1.165) is 22.7 Å². The molecule has 0 spiro atoms. The number of ether oxygens (including phenoxy) is 1. The number of benzene rings is 1. The number of hydrogen-bond acceptors (Lipinski definition) is 4. The summed E-state index contributed by atoms with van der Waals surface area (Å²) < 4.78 is 9.28. The summed E-state index contributed by atoms with van der Waals surface area (Å²) in [5, 5.41) is 4.99. The van der Waals surface area contributed by atoms with Crippen LogP contribution in [0.1, 0.15) is 21.7 Å². The zero-order valence-electron chi connectivity index (χ0n) is 16.1. The molecule has 8 heteroatoms. The zero-order chi connectivity index (χ0) is 20.4. The second-order valence-corrected chi connectivity index (χ2v) is 7.22. The molecule has 1 aromatic carbocycles. The third-order valence-corrected chi connectivity index (χ3v) is 4.74. The van der Waals surface area contributed by atoms with E-state index in [2.05, 4.69) is 10.1 Å². The van der Waals surface area contributed by atoms with Crippen molar-refractivity contribution in [2.45, 2.75) is 20.2 Å². The number of rotatable bonds is 6. The number of hydrogen-bond donors (Lipinski definition) is 0. The van der Waals surface area contributed by atoms with Crippen LogP contribution in [-0.2, 0) is 13.3 Å². The minimum Gasteiger partial charge on any atom is -0.471 e. The Hall–Kier alpha value is -3.32. The maximum absolute atomic E-state index is 12.7. The standard InChI is InChI=1S/C21H20ClN5O2/c1-15-11-16(22)6-7-19(15)29-14-27-10-8-18(24-27)21(28)25(2)12-17-13-26-9-4-3-5-20(26)23-17/h3-11,13H,12,14H2,1-2H3. The van der Waals surface area contributed by atoms with E-state index in [1.807, 2.05) is 54.0 Å². The molecule has 148 valence electrons. The number of amides is 1. The van der Waals surface area contributed by atoms with Crippen molar-refractivity contribution in [3.05, 3.63) is 83.0 Å². The molecule has 0 aliphatic heterocycles. The number of pyridine rings is 1. The number of aromatic nitrogens is 4. The fourth-order valence-corrected chi connectivity index (χ4v) is 3.26. The third kappa shape index (κ3) is 4.25. The van der Waals surface area contributed by atoms with Gasteiger partial charge in [-0.15, -0.1) is 0 Å². The molecular weight excluding hydrogens is 390 g/mol. The summed E-state index contributed by atoms with van der Waals surface area (Å²) >= 11 is 5.96. The first-order valence-corrected chi connectivity index (χ1v) is 9.48. The number of carbonyl (C=O) groups excluding carboxylic acids is 1. The highest BCUT2D eigenvalue weighted by atomic mass is 35.5. The quantitative estimate of drug-likeness (QED) is 0.486. The Balaban J connectivity index is 1.39. The SMILES string of the molecule is Cc1cc(Cl)ccc1OCn1ccc(C(=O)N(C)Cc2cn3ccccc3n2)n1. The van der Waals surface area contributed by atoms with E-state index in [1.165, 1.54) is 0 Å². The van der Waals surface area contributed by atoms with Crippen LogP contribution in [0.4, 0.5) is 0 Å². The van der Waals surface area contributed by atoms with Crippen molar-refractivity contribution >= 4 is 23.2 Å². The van der Waals surface area contributed by atoms with Crippen molar-refractivity contribution in [2.75, 3.05) is 7.05 Å². The van der Waals surface area contributed by atoms with Gasteiger partial charge < -0.3 is 14.0 Å². The van der Waals surface area contributed by atoms with E-state index in [9.17, 15) is 4.79 Å². The summed E-state index contributed by atoms with van der Waals surface area (Å²) in [5.41, 5.74) is 2.95. The van der Waals surface area contributed by atoms with Gasteiger partial charge in [-0.25, -0.2) is 9.67 Å². The molecule has 0 atom stereocenters. The summed E-state index contributed by atoms with van der Waals surface area (Å²) in [6.45, 7) is 2.52. The Morgan fingerprint density at radius 1 is 1.21 bits per heavy atom. The van der Waals surface area contributed by atoms with Gasteiger partial charge >= 0.3 is 0 Å². The van der Waals surface area contributed by atoms with Crippen molar-refractivity contribution in [3.63, 3.8) is 0 Å². The van der Waals surface area contributed by atoms with Crippen LogP contribution in [0.5, 0.6) is 5.75 Å². The van der Waals surface area contributed by atoms with Crippen molar-refractivity contribution < 1.29 is 9.53 Å². The Morgan fingerprint density at radius 3 is 2.86 bits per heavy atom. The molecule has 3 heterocycles. The van der Waals surface area contributed by atoms with Crippen molar-refractivity contribution in [1.82, 2.24) is 24.1 Å². The van der Waals surface area contributed by atoms with Gasteiger partial charge in [0.1, 0.15) is 11.4 Å². The van der Waals surface area contributed by atoms with E-state index in [0.29, 0.717) is 17.3 Å². The number of imidazole rings is 1. The first-order chi connectivity index (χ1) is 14.0. The molecule has 0 saturated heterocycles. The molecule has 4 aromatic rings. The van der Waals surface area contributed by atoms with Gasteiger partial charge in [0.05, 0.1) is 12.2 Å². The lowest BCUT2D eigenvalue weighted by atomic mass is 10.2. The summed E-state index contributed by atoms with van der Waals surface area (Å²) in [7, 11) is 1.74. The lowest BCUT2D eigenvalue weighted by molar-refractivity contribution is 0.0775.